The molecule has 0 bridgehead atoms. The summed E-state index contributed by atoms with van der Waals surface area (Å²) in [4.78, 5) is 23.7. The first-order valence-electron chi connectivity index (χ1n) is 10.2. The molecule has 0 spiro atoms. The molecule has 11 heteroatoms. The van der Waals surface area contributed by atoms with Gasteiger partial charge in [-0.2, -0.15) is 23.4 Å². The van der Waals surface area contributed by atoms with Crippen LogP contribution < -0.4 is 10.2 Å². The Hall–Kier alpha value is -3.79. The molecule has 0 saturated carbocycles. The summed E-state index contributed by atoms with van der Waals surface area (Å²) >= 11 is 6.03. The molecule has 2 aromatic heterocycles. The van der Waals surface area contributed by atoms with Crippen LogP contribution in [-0.4, -0.2) is 38.8 Å². The molecule has 0 fully saturated rings. The van der Waals surface area contributed by atoms with Gasteiger partial charge in [0.25, 0.3) is 0 Å². The number of fused-ring (bicyclic) bond motifs is 2. The molecule has 1 amide bonds. The molecule has 7 nitrogen and oxygen atoms in total. The molecule has 1 aliphatic heterocycles. The molecule has 4 aromatic rings. The first kappa shape index (κ1) is 22.0. The fourth-order valence-corrected chi connectivity index (χ4v) is 4.02. The van der Waals surface area contributed by atoms with Crippen LogP contribution in [0.1, 0.15) is 22.7 Å². The third kappa shape index (κ3) is 4.36. The van der Waals surface area contributed by atoms with E-state index in [1.165, 1.54) is 6.20 Å². The summed E-state index contributed by atoms with van der Waals surface area (Å²) in [7, 11) is 0. The van der Waals surface area contributed by atoms with E-state index in [4.69, 9.17) is 11.6 Å². The molecule has 34 heavy (non-hydrogen) atoms. The summed E-state index contributed by atoms with van der Waals surface area (Å²) in [6.07, 6.45) is -1.41. The van der Waals surface area contributed by atoms with Crippen LogP contribution in [-0.2, 0) is 11.3 Å². The van der Waals surface area contributed by atoms with Crippen LogP contribution in [0.4, 0.5) is 24.8 Å². The highest BCUT2D eigenvalue weighted by molar-refractivity contribution is 6.30. The zero-order valence-corrected chi connectivity index (χ0v) is 18.2. The summed E-state index contributed by atoms with van der Waals surface area (Å²) in [5.74, 6) is -1.31. The third-order valence-electron chi connectivity index (χ3n) is 5.47. The van der Waals surface area contributed by atoms with E-state index in [0.717, 1.165) is 5.39 Å². The van der Waals surface area contributed by atoms with Gasteiger partial charge in [-0.25, -0.2) is 9.97 Å². The van der Waals surface area contributed by atoms with Crippen molar-refractivity contribution < 1.29 is 18.0 Å². The Morgan fingerprint density at radius 3 is 2.68 bits per heavy atom. The van der Waals surface area contributed by atoms with Crippen molar-refractivity contribution in [3.63, 3.8) is 0 Å². The standard InChI is InChI=1S/C23H16ClF3N6O/c24-16-3-1-13(2-4-16)19-20-15(10-28-22(31-20)29-12-23(25,26)27)11-33(21(19)34)17-5-6-18-14(9-17)7-8-30-32-18/h1-10,19H,11-12H2,(H,28,29,31). The van der Waals surface area contributed by atoms with Crippen LogP contribution in [0.3, 0.4) is 0 Å². The zero-order chi connectivity index (χ0) is 23.9. The molecular weight excluding hydrogens is 469 g/mol. The van der Waals surface area contributed by atoms with E-state index >= 15 is 0 Å². The van der Waals surface area contributed by atoms with Crippen molar-refractivity contribution in [2.45, 2.75) is 18.6 Å². The van der Waals surface area contributed by atoms with Crippen molar-refractivity contribution in [1.82, 2.24) is 20.2 Å². The van der Waals surface area contributed by atoms with Gasteiger partial charge in [-0.3, -0.25) is 4.79 Å². The van der Waals surface area contributed by atoms with Crippen LogP contribution in [0.2, 0.25) is 5.02 Å². The lowest BCUT2D eigenvalue weighted by molar-refractivity contribution is -0.120. The highest BCUT2D eigenvalue weighted by Gasteiger charge is 2.37. The van der Waals surface area contributed by atoms with E-state index in [1.807, 2.05) is 6.07 Å². The van der Waals surface area contributed by atoms with Gasteiger partial charge in [-0.15, -0.1) is 0 Å². The Labute approximate surface area is 196 Å². The van der Waals surface area contributed by atoms with Gasteiger partial charge in [-0.1, -0.05) is 23.7 Å². The van der Waals surface area contributed by atoms with Crippen LogP contribution in [0.25, 0.3) is 10.9 Å². The van der Waals surface area contributed by atoms with E-state index in [2.05, 4.69) is 25.5 Å². The third-order valence-corrected chi connectivity index (χ3v) is 5.72. The minimum atomic E-state index is -4.43. The van der Waals surface area contributed by atoms with Gasteiger partial charge in [-0.05, 0) is 42.0 Å². The molecule has 0 radical (unpaired) electrons. The fraction of sp³-hybridized carbons (Fsp3) is 0.174. The molecule has 1 unspecified atom stereocenters. The van der Waals surface area contributed by atoms with Crippen molar-refractivity contribution in [3.05, 3.63) is 82.8 Å². The van der Waals surface area contributed by atoms with Crippen molar-refractivity contribution in [3.8, 4) is 0 Å². The van der Waals surface area contributed by atoms with Gasteiger partial charge in [0, 0.05) is 27.9 Å². The maximum absolute atomic E-state index is 13.7. The largest absolute Gasteiger partial charge is 0.405 e. The predicted molar refractivity (Wildman–Crippen MR) is 121 cm³/mol. The molecule has 5 rings (SSSR count). The molecule has 0 saturated heterocycles. The van der Waals surface area contributed by atoms with Gasteiger partial charge in [0.05, 0.1) is 24.0 Å². The van der Waals surface area contributed by atoms with Crippen LogP contribution in [0.5, 0.6) is 0 Å². The second-order valence-corrected chi connectivity index (χ2v) is 8.19. The molecule has 1 atom stereocenters. The lowest BCUT2D eigenvalue weighted by atomic mass is 9.88. The monoisotopic (exact) mass is 484 g/mol. The summed E-state index contributed by atoms with van der Waals surface area (Å²) in [5.41, 5.74) is 2.94. The quantitative estimate of drug-likeness (QED) is 0.451. The molecule has 3 heterocycles. The number of carbonyl (C=O) groups is 1. The molecule has 1 aliphatic rings. The SMILES string of the molecule is O=C1C(c2ccc(Cl)cc2)c2nc(NCC(F)(F)F)ncc2CN1c1ccc2nnccc2c1. The normalized spacial score (nSPS) is 15.9. The zero-order valence-electron chi connectivity index (χ0n) is 17.4. The van der Waals surface area contributed by atoms with Crippen LogP contribution >= 0.6 is 11.6 Å². The topological polar surface area (TPSA) is 83.9 Å². The van der Waals surface area contributed by atoms with E-state index in [9.17, 15) is 18.0 Å². The highest BCUT2D eigenvalue weighted by atomic mass is 35.5. The number of hydrogen-bond acceptors (Lipinski definition) is 6. The van der Waals surface area contributed by atoms with Crippen molar-refractivity contribution >= 4 is 40.0 Å². The Morgan fingerprint density at radius 2 is 1.91 bits per heavy atom. The number of hydrogen-bond donors (Lipinski definition) is 1. The molecule has 2 aromatic carbocycles. The Balaban J connectivity index is 1.58. The number of alkyl halides is 3. The van der Waals surface area contributed by atoms with Crippen molar-refractivity contribution in [2.24, 2.45) is 0 Å². The van der Waals surface area contributed by atoms with E-state index in [0.29, 0.717) is 33.0 Å². The van der Waals surface area contributed by atoms with E-state index in [-0.39, 0.29) is 18.4 Å². The number of nitrogens with one attached hydrogen (secondary N) is 1. The predicted octanol–water partition coefficient (Wildman–Crippen LogP) is 4.73. The Kier molecular flexibility index (Phi) is 5.52. The number of carbonyl (C=O) groups excluding carboxylic acids is 1. The lowest BCUT2D eigenvalue weighted by Crippen LogP contribution is -2.40. The van der Waals surface area contributed by atoms with Crippen LogP contribution in [0, 0.1) is 0 Å². The fourth-order valence-electron chi connectivity index (χ4n) is 3.89. The molecular formula is C23H16ClF3N6O. The number of benzene rings is 2. The first-order valence-corrected chi connectivity index (χ1v) is 10.6. The Morgan fingerprint density at radius 1 is 1.12 bits per heavy atom. The van der Waals surface area contributed by atoms with E-state index < -0.39 is 18.6 Å². The van der Waals surface area contributed by atoms with Gasteiger partial charge >= 0.3 is 6.18 Å². The highest BCUT2D eigenvalue weighted by Crippen LogP contribution is 2.37. The van der Waals surface area contributed by atoms with Crippen molar-refractivity contribution in [2.75, 3.05) is 16.8 Å². The summed E-state index contributed by atoms with van der Waals surface area (Å²) in [5, 5.41) is 11.4. The summed E-state index contributed by atoms with van der Waals surface area (Å²) < 4.78 is 38.0. The smallest absolute Gasteiger partial charge is 0.345 e. The maximum Gasteiger partial charge on any atom is 0.405 e. The lowest BCUT2D eigenvalue weighted by Gasteiger charge is -2.34. The summed E-state index contributed by atoms with van der Waals surface area (Å²) in [6, 6.07) is 13.9. The average molecular weight is 485 g/mol. The maximum atomic E-state index is 13.7. The second-order valence-electron chi connectivity index (χ2n) is 7.76. The summed E-state index contributed by atoms with van der Waals surface area (Å²) in [6.45, 7) is -1.11. The number of amides is 1. The van der Waals surface area contributed by atoms with Gasteiger partial charge in [0.1, 0.15) is 12.5 Å². The number of rotatable bonds is 4. The Bertz CT molecular complexity index is 1380. The van der Waals surface area contributed by atoms with Gasteiger partial charge in [0.15, 0.2) is 0 Å². The minimum Gasteiger partial charge on any atom is -0.345 e. The number of aromatic nitrogens is 4. The van der Waals surface area contributed by atoms with Gasteiger partial charge in [0.2, 0.25) is 11.9 Å². The molecule has 0 aliphatic carbocycles. The second kappa shape index (κ2) is 8.53. The van der Waals surface area contributed by atoms with E-state index in [1.54, 1.807) is 53.6 Å². The molecule has 1 N–H and O–H groups in total. The van der Waals surface area contributed by atoms with Crippen molar-refractivity contribution in [1.29, 1.82) is 0 Å². The van der Waals surface area contributed by atoms with Gasteiger partial charge < -0.3 is 10.2 Å². The number of nitrogens with zero attached hydrogens (tertiary/aromatic N) is 5. The number of anilines is 2. The first-order chi connectivity index (χ1) is 16.3. The molecule has 172 valence electrons. The number of halogens is 4. The van der Waals surface area contributed by atoms with Crippen LogP contribution in [0.15, 0.2) is 60.9 Å². The minimum absolute atomic E-state index is 0.168. The average Bonchev–Trinajstić information content (AvgIpc) is 2.82.